The van der Waals surface area contributed by atoms with E-state index >= 15 is 0 Å². The summed E-state index contributed by atoms with van der Waals surface area (Å²) in [5, 5.41) is 0. The zero-order valence-electron chi connectivity index (χ0n) is 11.1. The Morgan fingerprint density at radius 3 is 2.25 bits per heavy atom. The maximum absolute atomic E-state index is 2.27. The van der Waals surface area contributed by atoms with Gasteiger partial charge in [-0.25, -0.2) is 0 Å². The van der Waals surface area contributed by atoms with Gasteiger partial charge in [-0.05, 0) is 42.4 Å². The summed E-state index contributed by atoms with van der Waals surface area (Å²) in [4.78, 5) is 0. The highest BCUT2D eigenvalue weighted by molar-refractivity contribution is 5.65. The van der Waals surface area contributed by atoms with Crippen LogP contribution in [0.4, 0.5) is 0 Å². The topological polar surface area (TPSA) is 0 Å². The molecule has 0 heteroatoms. The molecule has 0 aromatic heterocycles. The third kappa shape index (κ3) is 3.84. The third-order valence-corrected chi connectivity index (χ3v) is 2.84. The fourth-order valence-electron chi connectivity index (χ4n) is 2.05. The highest BCUT2D eigenvalue weighted by Crippen LogP contribution is 2.20. The molecule has 0 heterocycles. The second-order valence-electron chi connectivity index (χ2n) is 4.86. The first kappa shape index (κ1) is 13.0. The van der Waals surface area contributed by atoms with Gasteiger partial charge >= 0.3 is 0 Å². The van der Waals surface area contributed by atoms with Gasteiger partial charge in [0.25, 0.3) is 0 Å². The first-order valence-corrected chi connectivity index (χ1v) is 6.41. The highest BCUT2D eigenvalue weighted by Gasteiger charge is 2.01. The number of rotatable bonds is 5. The van der Waals surface area contributed by atoms with Crippen LogP contribution in [0.25, 0.3) is 5.57 Å². The molecule has 0 bridgehead atoms. The summed E-state index contributed by atoms with van der Waals surface area (Å²) in [6, 6.07) is 9.08. The molecule has 0 saturated heterocycles. The smallest absolute Gasteiger partial charge is 0.0228 e. The Labute approximate surface area is 100 Å². The second-order valence-corrected chi connectivity index (χ2v) is 4.86. The van der Waals surface area contributed by atoms with Crippen LogP contribution in [0.15, 0.2) is 30.3 Å². The number of allylic oxidation sites excluding steroid dienone is 2. The van der Waals surface area contributed by atoms with Crippen molar-refractivity contribution in [3.05, 3.63) is 41.5 Å². The molecule has 0 saturated carbocycles. The molecule has 1 aromatic rings. The Kier molecular flexibility index (Phi) is 5.31. The maximum atomic E-state index is 2.27. The van der Waals surface area contributed by atoms with E-state index in [1.807, 2.05) is 0 Å². The molecule has 1 rings (SSSR count). The van der Waals surface area contributed by atoms with Gasteiger partial charge < -0.3 is 0 Å². The minimum Gasteiger partial charge on any atom is -0.0838 e. The zero-order valence-corrected chi connectivity index (χ0v) is 11.1. The molecule has 0 fully saturated rings. The van der Waals surface area contributed by atoms with Gasteiger partial charge in [-0.2, -0.15) is 0 Å². The molecule has 0 amide bonds. The van der Waals surface area contributed by atoms with Crippen molar-refractivity contribution in [2.24, 2.45) is 5.92 Å². The van der Waals surface area contributed by atoms with Crippen molar-refractivity contribution in [2.75, 3.05) is 0 Å². The molecule has 0 spiro atoms. The van der Waals surface area contributed by atoms with Crippen LogP contribution < -0.4 is 0 Å². The van der Waals surface area contributed by atoms with Crippen LogP contribution in [-0.4, -0.2) is 0 Å². The van der Waals surface area contributed by atoms with Crippen molar-refractivity contribution >= 4 is 5.57 Å². The van der Waals surface area contributed by atoms with E-state index in [2.05, 4.69) is 58.0 Å². The summed E-state index contributed by atoms with van der Waals surface area (Å²) in [7, 11) is 0. The lowest BCUT2D eigenvalue weighted by Crippen LogP contribution is -1.94. The predicted octanol–water partition coefficient (Wildman–Crippen LogP) is 5.09. The van der Waals surface area contributed by atoms with E-state index in [-0.39, 0.29) is 0 Å². The van der Waals surface area contributed by atoms with E-state index in [1.165, 1.54) is 36.0 Å². The Morgan fingerprint density at radius 1 is 1.19 bits per heavy atom. The molecule has 88 valence electrons. The molecule has 0 radical (unpaired) electrons. The zero-order chi connectivity index (χ0) is 12.0. The van der Waals surface area contributed by atoms with Crippen LogP contribution in [0.5, 0.6) is 0 Å². The fourth-order valence-corrected chi connectivity index (χ4v) is 2.05. The molecular weight excluding hydrogens is 192 g/mol. The standard InChI is InChI=1S/C16H24/c1-5-7-15(6-2)16-10-8-14(9-11-16)12-13(3)4/h6,8-11,13H,5,7,12H2,1-4H3. The van der Waals surface area contributed by atoms with E-state index in [1.54, 1.807) is 0 Å². The molecule has 0 N–H and O–H groups in total. The van der Waals surface area contributed by atoms with Crippen LogP contribution in [0, 0.1) is 5.92 Å². The first-order valence-electron chi connectivity index (χ1n) is 6.41. The quantitative estimate of drug-likeness (QED) is 0.643. The maximum Gasteiger partial charge on any atom is -0.0228 e. The highest BCUT2D eigenvalue weighted by atomic mass is 14.1. The van der Waals surface area contributed by atoms with E-state index < -0.39 is 0 Å². The molecule has 0 aliphatic heterocycles. The van der Waals surface area contributed by atoms with Gasteiger partial charge in [-0.15, -0.1) is 0 Å². The number of benzene rings is 1. The lowest BCUT2D eigenvalue weighted by Gasteiger charge is -2.08. The Bertz CT molecular complexity index is 328. The van der Waals surface area contributed by atoms with Crippen molar-refractivity contribution in [1.82, 2.24) is 0 Å². The molecule has 0 aliphatic carbocycles. The van der Waals surface area contributed by atoms with Crippen LogP contribution in [-0.2, 0) is 6.42 Å². The van der Waals surface area contributed by atoms with Crippen molar-refractivity contribution in [3.8, 4) is 0 Å². The SMILES string of the molecule is CC=C(CCC)c1ccc(CC(C)C)cc1. The minimum absolute atomic E-state index is 0.739. The summed E-state index contributed by atoms with van der Waals surface area (Å²) < 4.78 is 0. The summed E-state index contributed by atoms with van der Waals surface area (Å²) in [5.74, 6) is 0.739. The van der Waals surface area contributed by atoms with E-state index in [9.17, 15) is 0 Å². The van der Waals surface area contributed by atoms with E-state index in [0.717, 1.165) is 5.92 Å². The Morgan fingerprint density at radius 2 is 1.81 bits per heavy atom. The molecule has 1 aromatic carbocycles. The summed E-state index contributed by atoms with van der Waals surface area (Å²) in [6.45, 7) is 8.90. The van der Waals surface area contributed by atoms with Crippen LogP contribution in [0.3, 0.4) is 0 Å². The first-order chi connectivity index (χ1) is 7.67. The van der Waals surface area contributed by atoms with Crippen LogP contribution in [0.2, 0.25) is 0 Å². The van der Waals surface area contributed by atoms with Crippen LogP contribution >= 0.6 is 0 Å². The average molecular weight is 216 g/mol. The van der Waals surface area contributed by atoms with Crippen LogP contribution in [0.1, 0.15) is 51.7 Å². The van der Waals surface area contributed by atoms with Gasteiger partial charge in [0.05, 0.1) is 0 Å². The van der Waals surface area contributed by atoms with Gasteiger partial charge in [-0.1, -0.05) is 57.5 Å². The lowest BCUT2D eigenvalue weighted by atomic mass is 9.97. The van der Waals surface area contributed by atoms with E-state index in [4.69, 9.17) is 0 Å². The minimum atomic E-state index is 0.739. The Hall–Kier alpha value is -1.04. The van der Waals surface area contributed by atoms with Crippen molar-refractivity contribution in [2.45, 2.75) is 47.0 Å². The predicted molar refractivity (Wildman–Crippen MR) is 73.5 cm³/mol. The monoisotopic (exact) mass is 216 g/mol. The van der Waals surface area contributed by atoms with Gasteiger partial charge in [0.1, 0.15) is 0 Å². The summed E-state index contributed by atoms with van der Waals surface area (Å²) in [5.41, 5.74) is 4.31. The average Bonchev–Trinajstić information content (AvgIpc) is 2.26. The van der Waals surface area contributed by atoms with Gasteiger partial charge in [-0.3, -0.25) is 0 Å². The largest absolute Gasteiger partial charge is 0.0838 e. The molecule has 0 atom stereocenters. The molecular formula is C16H24. The summed E-state index contributed by atoms with van der Waals surface area (Å²) >= 11 is 0. The normalized spacial score (nSPS) is 12.2. The molecule has 0 nitrogen and oxygen atoms in total. The lowest BCUT2D eigenvalue weighted by molar-refractivity contribution is 0.647. The Balaban J connectivity index is 2.77. The van der Waals surface area contributed by atoms with Gasteiger partial charge in [0, 0.05) is 0 Å². The summed E-state index contributed by atoms with van der Waals surface area (Å²) in [6.07, 6.45) is 5.81. The second kappa shape index (κ2) is 6.52. The van der Waals surface area contributed by atoms with Gasteiger partial charge in [0.15, 0.2) is 0 Å². The van der Waals surface area contributed by atoms with Crippen molar-refractivity contribution < 1.29 is 0 Å². The third-order valence-electron chi connectivity index (χ3n) is 2.84. The van der Waals surface area contributed by atoms with E-state index in [0.29, 0.717) is 0 Å². The number of hydrogen-bond donors (Lipinski definition) is 0. The van der Waals surface area contributed by atoms with Crippen molar-refractivity contribution in [1.29, 1.82) is 0 Å². The molecule has 16 heavy (non-hydrogen) atoms. The number of hydrogen-bond acceptors (Lipinski definition) is 0. The van der Waals surface area contributed by atoms with Gasteiger partial charge in [0.2, 0.25) is 0 Å². The molecule has 0 aliphatic rings. The molecule has 0 unspecified atom stereocenters. The van der Waals surface area contributed by atoms with Crippen molar-refractivity contribution in [3.63, 3.8) is 0 Å². The fraction of sp³-hybridized carbons (Fsp3) is 0.500.